The Morgan fingerprint density at radius 2 is 1.90 bits per heavy atom. The van der Waals surface area contributed by atoms with Gasteiger partial charge in [0.2, 0.25) is 0 Å². The Morgan fingerprint density at radius 3 is 2.30 bits per heavy atom. The molecule has 6 heteroatoms. The molecule has 1 atom stereocenters. The molecule has 0 rings (SSSR count). The number of hydrogen-bond donors (Lipinski definition) is 2. The molecule has 3 N–H and O–H groups in total. The molecule has 0 fully saturated rings. The summed E-state index contributed by atoms with van der Waals surface area (Å²) in [5.41, 5.74) is 4.78. The van der Waals surface area contributed by atoms with Gasteiger partial charge in [-0.15, -0.1) is 0 Å². The molecular formula is C14H28N2O4. The Kier molecular flexibility index (Phi) is 8.22. The van der Waals surface area contributed by atoms with Crippen LogP contribution in [0.3, 0.4) is 0 Å². The summed E-state index contributed by atoms with van der Waals surface area (Å²) >= 11 is 0. The van der Waals surface area contributed by atoms with Crippen molar-refractivity contribution in [1.82, 2.24) is 4.90 Å². The second-order valence-corrected chi connectivity index (χ2v) is 5.81. The van der Waals surface area contributed by atoms with Crippen LogP contribution in [0.5, 0.6) is 0 Å². The molecule has 0 bridgehead atoms. The van der Waals surface area contributed by atoms with E-state index in [1.807, 2.05) is 6.92 Å². The summed E-state index contributed by atoms with van der Waals surface area (Å²) in [6.07, 6.45) is 1.93. The van der Waals surface area contributed by atoms with E-state index < -0.39 is 23.7 Å². The number of carbonyl (C=O) groups excluding carboxylic acids is 1. The van der Waals surface area contributed by atoms with Gasteiger partial charge in [-0.05, 0) is 53.0 Å². The zero-order valence-electron chi connectivity index (χ0n) is 13.0. The molecule has 0 aromatic heterocycles. The molecule has 0 saturated carbocycles. The summed E-state index contributed by atoms with van der Waals surface area (Å²) in [4.78, 5) is 24.9. The minimum atomic E-state index is -0.999. The van der Waals surface area contributed by atoms with Gasteiger partial charge >= 0.3 is 12.1 Å². The lowest BCUT2D eigenvalue weighted by molar-refractivity contribution is -0.143. The van der Waals surface area contributed by atoms with Crippen molar-refractivity contribution in [3.8, 4) is 0 Å². The van der Waals surface area contributed by atoms with Crippen molar-refractivity contribution in [3.05, 3.63) is 0 Å². The monoisotopic (exact) mass is 288 g/mol. The average molecular weight is 288 g/mol. The fraction of sp³-hybridized carbons (Fsp3) is 0.857. The molecule has 1 amide bonds. The number of aliphatic carboxylic acids is 1. The molecule has 0 radical (unpaired) electrons. The van der Waals surface area contributed by atoms with Gasteiger partial charge in [-0.25, -0.2) is 9.59 Å². The maximum Gasteiger partial charge on any atom is 0.411 e. The number of carbonyl (C=O) groups is 2. The van der Waals surface area contributed by atoms with Crippen LogP contribution in [0, 0.1) is 0 Å². The van der Waals surface area contributed by atoms with Gasteiger partial charge in [-0.2, -0.15) is 0 Å². The number of nitrogens with zero attached hydrogens (tertiary/aromatic N) is 1. The van der Waals surface area contributed by atoms with E-state index in [-0.39, 0.29) is 0 Å². The number of carboxylic acid groups (broad SMARTS) is 1. The zero-order valence-corrected chi connectivity index (χ0v) is 13.0. The molecule has 0 aromatic rings. The summed E-state index contributed by atoms with van der Waals surface area (Å²) in [6.45, 7) is 8.08. The van der Waals surface area contributed by atoms with Crippen molar-refractivity contribution >= 4 is 12.1 Å². The molecule has 0 heterocycles. The van der Waals surface area contributed by atoms with E-state index in [1.54, 1.807) is 20.8 Å². The van der Waals surface area contributed by atoms with Crippen molar-refractivity contribution in [2.75, 3.05) is 13.1 Å². The van der Waals surface area contributed by atoms with Crippen LogP contribution >= 0.6 is 0 Å². The van der Waals surface area contributed by atoms with Crippen molar-refractivity contribution in [1.29, 1.82) is 0 Å². The molecule has 0 aliphatic heterocycles. The Bertz CT molecular complexity index is 313. The van der Waals surface area contributed by atoms with Crippen LogP contribution in [-0.2, 0) is 9.53 Å². The molecular weight excluding hydrogens is 260 g/mol. The predicted octanol–water partition coefficient (Wildman–Crippen LogP) is 2.22. The summed E-state index contributed by atoms with van der Waals surface area (Å²) in [7, 11) is 0. The van der Waals surface area contributed by atoms with E-state index in [9.17, 15) is 14.7 Å². The third kappa shape index (κ3) is 7.33. The highest BCUT2D eigenvalue weighted by Crippen LogP contribution is 2.16. The summed E-state index contributed by atoms with van der Waals surface area (Å²) in [5.74, 6) is -0.999. The van der Waals surface area contributed by atoms with Gasteiger partial charge < -0.3 is 15.6 Å². The number of carboxylic acids is 1. The smallest absolute Gasteiger partial charge is 0.411 e. The minimum Gasteiger partial charge on any atom is -0.480 e. The Hall–Kier alpha value is -1.30. The highest BCUT2D eigenvalue weighted by Gasteiger charge is 2.31. The van der Waals surface area contributed by atoms with Gasteiger partial charge in [-0.1, -0.05) is 6.92 Å². The van der Waals surface area contributed by atoms with E-state index >= 15 is 0 Å². The summed E-state index contributed by atoms with van der Waals surface area (Å²) < 4.78 is 5.29. The van der Waals surface area contributed by atoms with Gasteiger partial charge in [-0.3, -0.25) is 4.90 Å². The van der Waals surface area contributed by atoms with E-state index in [1.165, 1.54) is 4.90 Å². The molecule has 0 unspecified atom stereocenters. The first-order valence-corrected chi connectivity index (χ1v) is 7.15. The topological polar surface area (TPSA) is 92.9 Å². The maximum atomic E-state index is 12.1. The van der Waals surface area contributed by atoms with E-state index in [0.717, 1.165) is 6.42 Å². The Labute approximate surface area is 121 Å². The second kappa shape index (κ2) is 8.79. The first-order chi connectivity index (χ1) is 9.22. The lowest BCUT2D eigenvalue weighted by Crippen LogP contribution is -2.47. The van der Waals surface area contributed by atoms with Crippen molar-refractivity contribution in [2.45, 2.75) is 65.0 Å². The molecule has 0 aliphatic carbocycles. The second-order valence-electron chi connectivity index (χ2n) is 5.81. The number of rotatable bonds is 8. The standard InChI is InChI=1S/C14H28N2O4/c1-5-10-16(13(19)20-14(2,3)4)11(12(17)18)8-6-7-9-15/h11H,5-10,15H2,1-4H3,(H,17,18)/t11-/m0/s1. The van der Waals surface area contributed by atoms with Gasteiger partial charge in [0.15, 0.2) is 0 Å². The third-order valence-corrected chi connectivity index (χ3v) is 2.69. The molecule has 0 aliphatic rings. The van der Waals surface area contributed by atoms with E-state index in [4.69, 9.17) is 10.5 Å². The molecule has 20 heavy (non-hydrogen) atoms. The Morgan fingerprint density at radius 1 is 1.30 bits per heavy atom. The number of hydrogen-bond acceptors (Lipinski definition) is 4. The first-order valence-electron chi connectivity index (χ1n) is 7.15. The molecule has 0 spiro atoms. The lowest BCUT2D eigenvalue weighted by Gasteiger charge is -2.31. The van der Waals surface area contributed by atoms with Crippen LogP contribution in [0.2, 0.25) is 0 Å². The maximum absolute atomic E-state index is 12.1. The van der Waals surface area contributed by atoms with Gasteiger partial charge in [0.1, 0.15) is 11.6 Å². The molecule has 0 saturated heterocycles. The normalized spacial score (nSPS) is 12.8. The summed E-state index contributed by atoms with van der Waals surface area (Å²) in [6, 6.07) is -0.851. The largest absolute Gasteiger partial charge is 0.480 e. The van der Waals surface area contributed by atoms with E-state index in [0.29, 0.717) is 32.4 Å². The fourth-order valence-electron chi connectivity index (χ4n) is 1.83. The number of ether oxygens (including phenoxy) is 1. The van der Waals surface area contributed by atoms with Crippen LogP contribution in [-0.4, -0.2) is 46.8 Å². The zero-order chi connectivity index (χ0) is 15.8. The lowest BCUT2D eigenvalue weighted by atomic mass is 10.1. The number of amides is 1. The van der Waals surface area contributed by atoms with Crippen molar-refractivity contribution in [2.24, 2.45) is 5.73 Å². The quantitative estimate of drug-likeness (QED) is 0.668. The molecule has 6 nitrogen and oxygen atoms in total. The van der Waals surface area contributed by atoms with Crippen molar-refractivity contribution < 1.29 is 19.4 Å². The third-order valence-electron chi connectivity index (χ3n) is 2.69. The van der Waals surface area contributed by atoms with Crippen LogP contribution in [0.4, 0.5) is 4.79 Å². The highest BCUT2D eigenvalue weighted by molar-refractivity contribution is 5.80. The van der Waals surface area contributed by atoms with E-state index in [2.05, 4.69) is 0 Å². The van der Waals surface area contributed by atoms with Gasteiger partial charge in [0, 0.05) is 6.54 Å². The number of nitrogens with two attached hydrogens (primary N) is 1. The summed E-state index contributed by atoms with van der Waals surface area (Å²) in [5, 5.41) is 9.34. The predicted molar refractivity (Wildman–Crippen MR) is 77.6 cm³/mol. The Balaban J connectivity index is 4.87. The van der Waals surface area contributed by atoms with Crippen LogP contribution in [0.25, 0.3) is 0 Å². The SMILES string of the molecule is CCCN(C(=O)OC(C)(C)C)[C@@H](CCCCN)C(=O)O. The van der Waals surface area contributed by atoms with Crippen LogP contribution in [0.15, 0.2) is 0 Å². The number of unbranched alkanes of at least 4 members (excludes halogenated alkanes) is 1. The molecule has 0 aromatic carbocycles. The van der Waals surface area contributed by atoms with Crippen LogP contribution < -0.4 is 5.73 Å². The average Bonchev–Trinajstić information content (AvgIpc) is 2.30. The fourth-order valence-corrected chi connectivity index (χ4v) is 1.83. The van der Waals surface area contributed by atoms with Gasteiger partial charge in [0.25, 0.3) is 0 Å². The highest BCUT2D eigenvalue weighted by atomic mass is 16.6. The van der Waals surface area contributed by atoms with Crippen LogP contribution in [0.1, 0.15) is 53.4 Å². The molecule has 118 valence electrons. The van der Waals surface area contributed by atoms with Crippen molar-refractivity contribution in [3.63, 3.8) is 0 Å². The first kappa shape index (κ1) is 18.7. The van der Waals surface area contributed by atoms with Gasteiger partial charge in [0.05, 0.1) is 0 Å². The minimum absolute atomic E-state index is 0.370.